The lowest BCUT2D eigenvalue weighted by atomic mass is 10.3. The summed E-state index contributed by atoms with van der Waals surface area (Å²) in [5.41, 5.74) is 6.84. The SMILES string of the molecule is Nc1cccc(OCCC(=O)Nc2cc(Br)ccc2Cl)c1. The molecular formula is C15H14BrClN2O2. The molecule has 1 amide bonds. The van der Waals surface area contributed by atoms with Gasteiger partial charge in [0, 0.05) is 16.2 Å². The molecule has 6 heteroatoms. The van der Waals surface area contributed by atoms with E-state index in [-0.39, 0.29) is 18.9 Å². The Labute approximate surface area is 136 Å². The number of halogens is 2. The van der Waals surface area contributed by atoms with Gasteiger partial charge in [-0.3, -0.25) is 4.79 Å². The Morgan fingerprint density at radius 2 is 2.10 bits per heavy atom. The van der Waals surface area contributed by atoms with E-state index in [1.807, 2.05) is 0 Å². The van der Waals surface area contributed by atoms with E-state index in [0.717, 1.165) is 4.47 Å². The predicted octanol–water partition coefficient (Wildman–Crippen LogP) is 4.09. The molecular weight excluding hydrogens is 356 g/mol. The molecule has 0 aromatic heterocycles. The first-order valence-corrected chi connectivity index (χ1v) is 7.45. The van der Waals surface area contributed by atoms with Gasteiger partial charge in [-0.05, 0) is 30.3 Å². The maximum Gasteiger partial charge on any atom is 0.227 e. The zero-order chi connectivity index (χ0) is 15.2. The summed E-state index contributed by atoms with van der Waals surface area (Å²) in [5, 5.41) is 3.23. The van der Waals surface area contributed by atoms with Crippen LogP contribution in [0, 0.1) is 0 Å². The topological polar surface area (TPSA) is 64.3 Å². The normalized spacial score (nSPS) is 10.2. The van der Waals surface area contributed by atoms with Crippen molar-refractivity contribution >= 4 is 44.8 Å². The van der Waals surface area contributed by atoms with Gasteiger partial charge in [-0.2, -0.15) is 0 Å². The second-order valence-electron chi connectivity index (χ2n) is 4.34. The van der Waals surface area contributed by atoms with E-state index < -0.39 is 0 Å². The Hall–Kier alpha value is -1.72. The van der Waals surface area contributed by atoms with E-state index >= 15 is 0 Å². The summed E-state index contributed by atoms with van der Waals surface area (Å²) < 4.78 is 6.31. The average molecular weight is 370 g/mol. The van der Waals surface area contributed by atoms with Crippen LogP contribution in [-0.2, 0) is 4.79 Å². The number of carbonyl (C=O) groups is 1. The fourth-order valence-corrected chi connectivity index (χ4v) is 2.20. The molecule has 0 aliphatic rings. The molecule has 0 aliphatic heterocycles. The van der Waals surface area contributed by atoms with Gasteiger partial charge in [0.15, 0.2) is 0 Å². The molecule has 3 N–H and O–H groups in total. The molecule has 2 rings (SSSR count). The molecule has 2 aromatic rings. The van der Waals surface area contributed by atoms with Gasteiger partial charge in [-0.15, -0.1) is 0 Å². The van der Waals surface area contributed by atoms with Crippen LogP contribution in [0.25, 0.3) is 0 Å². The number of nitrogen functional groups attached to an aromatic ring is 1. The van der Waals surface area contributed by atoms with Crippen molar-refractivity contribution in [3.05, 3.63) is 52.0 Å². The average Bonchev–Trinajstić information content (AvgIpc) is 2.43. The van der Waals surface area contributed by atoms with E-state index in [4.69, 9.17) is 22.1 Å². The summed E-state index contributed by atoms with van der Waals surface area (Å²) in [7, 11) is 0. The smallest absolute Gasteiger partial charge is 0.227 e. The number of anilines is 2. The molecule has 0 unspecified atom stereocenters. The Kier molecular flexibility index (Phi) is 5.47. The van der Waals surface area contributed by atoms with Crippen molar-refractivity contribution in [2.75, 3.05) is 17.7 Å². The van der Waals surface area contributed by atoms with Crippen LogP contribution in [0.2, 0.25) is 5.02 Å². The second-order valence-corrected chi connectivity index (χ2v) is 5.67. The van der Waals surface area contributed by atoms with Gasteiger partial charge < -0.3 is 15.8 Å². The minimum Gasteiger partial charge on any atom is -0.493 e. The third-order valence-electron chi connectivity index (χ3n) is 2.66. The minimum atomic E-state index is -0.168. The molecule has 0 heterocycles. The number of carbonyl (C=O) groups excluding carboxylic acids is 1. The van der Waals surface area contributed by atoms with E-state index in [1.165, 1.54) is 0 Å². The lowest BCUT2D eigenvalue weighted by Crippen LogP contribution is -2.15. The zero-order valence-corrected chi connectivity index (χ0v) is 13.4. The Morgan fingerprint density at radius 1 is 1.29 bits per heavy atom. The number of rotatable bonds is 5. The predicted molar refractivity (Wildman–Crippen MR) is 88.7 cm³/mol. The minimum absolute atomic E-state index is 0.168. The zero-order valence-electron chi connectivity index (χ0n) is 11.1. The standard InChI is InChI=1S/C15H14BrClN2O2/c16-10-4-5-13(17)14(8-10)19-15(20)6-7-21-12-3-1-2-11(18)9-12/h1-5,8-9H,6-7,18H2,(H,19,20). The summed E-state index contributed by atoms with van der Waals surface area (Å²) >= 11 is 9.34. The summed E-state index contributed by atoms with van der Waals surface area (Å²) in [5.74, 6) is 0.474. The first-order chi connectivity index (χ1) is 10.0. The highest BCUT2D eigenvalue weighted by Gasteiger charge is 2.07. The van der Waals surface area contributed by atoms with Gasteiger partial charge in [0.1, 0.15) is 5.75 Å². The highest BCUT2D eigenvalue weighted by Crippen LogP contribution is 2.25. The maximum absolute atomic E-state index is 11.8. The number of nitrogens with two attached hydrogens (primary N) is 1. The summed E-state index contributed by atoms with van der Waals surface area (Å²) in [4.78, 5) is 11.8. The molecule has 0 aliphatic carbocycles. The summed E-state index contributed by atoms with van der Waals surface area (Å²) in [6.07, 6.45) is 0.220. The van der Waals surface area contributed by atoms with Crippen molar-refractivity contribution in [2.45, 2.75) is 6.42 Å². The van der Waals surface area contributed by atoms with Crippen LogP contribution >= 0.6 is 27.5 Å². The first kappa shape index (κ1) is 15.7. The van der Waals surface area contributed by atoms with Gasteiger partial charge in [0.25, 0.3) is 0 Å². The summed E-state index contributed by atoms with van der Waals surface area (Å²) in [6, 6.07) is 12.3. The van der Waals surface area contributed by atoms with Crippen LogP contribution in [0.5, 0.6) is 5.75 Å². The van der Waals surface area contributed by atoms with Crippen LogP contribution in [-0.4, -0.2) is 12.5 Å². The van der Waals surface area contributed by atoms with Crippen molar-refractivity contribution < 1.29 is 9.53 Å². The molecule has 21 heavy (non-hydrogen) atoms. The molecule has 4 nitrogen and oxygen atoms in total. The number of amides is 1. The molecule has 110 valence electrons. The Balaban J connectivity index is 1.84. The van der Waals surface area contributed by atoms with Crippen molar-refractivity contribution in [3.63, 3.8) is 0 Å². The molecule has 0 fully saturated rings. The van der Waals surface area contributed by atoms with Gasteiger partial charge in [-0.25, -0.2) is 0 Å². The third-order valence-corrected chi connectivity index (χ3v) is 3.48. The van der Waals surface area contributed by atoms with Crippen molar-refractivity contribution in [2.24, 2.45) is 0 Å². The highest BCUT2D eigenvalue weighted by molar-refractivity contribution is 9.10. The highest BCUT2D eigenvalue weighted by atomic mass is 79.9. The third kappa shape index (κ3) is 4.95. The van der Waals surface area contributed by atoms with Crippen molar-refractivity contribution in [1.29, 1.82) is 0 Å². The van der Waals surface area contributed by atoms with Crippen LogP contribution in [0.4, 0.5) is 11.4 Å². The second kappa shape index (κ2) is 7.33. The van der Waals surface area contributed by atoms with Gasteiger partial charge >= 0.3 is 0 Å². The van der Waals surface area contributed by atoms with Gasteiger partial charge in [0.05, 0.1) is 23.7 Å². The molecule has 2 aromatic carbocycles. The van der Waals surface area contributed by atoms with Gasteiger partial charge in [0.2, 0.25) is 5.91 Å². The van der Waals surface area contributed by atoms with Crippen LogP contribution in [0.3, 0.4) is 0 Å². The lowest BCUT2D eigenvalue weighted by molar-refractivity contribution is -0.116. The van der Waals surface area contributed by atoms with E-state index in [0.29, 0.717) is 22.1 Å². The Bertz CT molecular complexity index is 649. The van der Waals surface area contributed by atoms with E-state index in [9.17, 15) is 4.79 Å². The molecule has 0 spiro atoms. The van der Waals surface area contributed by atoms with Crippen LogP contribution in [0.15, 0.2) is 46.9 Å². The number of hydrogen-bond acceptors (Lipinski definition) is 3. The number of ether oxygens (including phenoxy) is 1. The largest absolute Gasteiger partial charge is 0.493 e. The van der Waals surface area contributed by atoms with Crippen LogP contribution in [0.1, 0.15) is 6.42 Å². The lowest BCUT2D eigenvalue weighted by Gasteiger charge is -2.09. The fourth-order valence-electron chi connectivity index (χ4n) is 1.67. The maximum atomic E-state index is 11.8. The van der Waals surface area contributed by atoms with Gasteiger partial charge in [-0.1, -0.05) is 33.6 Å². The molecule has 0 atom stereocenters. The number of benzene rings is 2. The van der Waals surface area contributed by atoms with Crippen molar-refractivity contribution in [1.82, 2.24) is 0 Å². The van der Waals surface area contributed by atoms with E-state index in [1.54, 1.807) is 42.5 Å². The molecule has 0 bridgehead atoms. The first-order valence-electron chi connectivity index (χ1n) is 6.28. The Morgan fingerprint density at radius 3 is 2.86 bits per heavy atom. The van der Waals surface area contributed by atoms with E-state index in [2.05, 4.69) is 21.2 Å². The monoisotopic (exact) mass is 368 g/mol. The summed E-state index contributed by atoms with van der Waals surface area (Å²) in [6.45, 7) is 0.265. The van der Waals surface area contributed by atoms with Crippen LogP contribution < -0.4 is 15.8 Å². The molecule has 0 saturated carbocycles. The fraction of sp³-hybridized carbons (Fsp3) is 0.133. The molecule has 0 radical (unpaired) electrons. The number of nitrogens with one attached hydrogen (secondary N) is 1. The number of hydrogen-bond donors (Lipinski definition) is 2. The quantitative estimate of drug-likeness (QED) is 0.780. The molecule has 0 saturated heterocycles. The van der Waals surface area contributed by atoms with Crippen molar-refractivity contribution in [3.8, 4) is 5.75 Å².